The van der Waals surface area contributed by atoms with E-state index in [1.165, 1.54) is 23.2 Å². The summed E-state index contributed by atoms with van der Waals surface area (Å²) >= 11 is 1.19. The monoisotopic (exact) mass is 813 g/mol. The van der Waals surface area contributed by atoms with Crippen LogP contribution in [0.5, 0.6) is 5.75 Å². The minimum Gasteiger partial charge on any atom is -0.508 e. The van der Waals surface area contributed by atoms with Crippen LogP contribution in [0.2, 0.25) is 0 Å². The van der Waals surface area contributed by atoms with Gasteiger partial charge < -0.3 is 30.1 Å². The Labute approximate surface area is 343 Å². The number of phenols is 1. The van der Waals surface area contributed by atoms with Crippen LogP contribution >= 0.6 is 11.3 Å². The molecule has 1 aromatic carbocycles. The number of hydrogen-bond donors (Lipinski definition) is 3. The molecule has 1 saturated heterocycles. The summed E-state index contributed by atoms with van der Waals surface area (Å²) < 4.78 is 11.6. The molecule has 0 saturated carbocycles. The van der Waals surface area contributed by atoms with Gasteiger partial charge in [-0.3, -0.25) is 28.9 Å². The van der Waals surface area contributed by atoms with Gasteiger partial charge in [-0.05, 0) is 80.6 Å². The summed E-state index contributed by atoms with van der Waals surface area (Å²) in [6.45, 7) is 17.5. The number of phenolic OH excluding ortho intramolecular Hbond substituents is 1. The Balaban J connectivity index is 1.95. The Kier molecular flexibility index (Phi) is 18.9. The number of amides is 3. The number of thiazole rings is 1. The van der Waals surface area contributed by atoms with Crippen LogP contribution in [-0.2, 0) is 35.1 Å². The number of ether oxygens (including phenoxy) is 2. The summed E-state index contributed by atoms with van der Waals surface area (Å²) in [4.78, 5) is 75.8. The highest BCUT2D eigenvalue weighted by molar-refractivity contribution is 7.09. The van der Waals surface area contributed by atoms with Crippen LogP contribution in [0.1, 0.15) is 134 Å². The molecular weight excluding hydrogens is 747 g/mol. The Morgan fingerprint density at radius 1 is 0.982 bits per heavy atom. The zero-order valence-electron chi connectivity index (χ0n) is 35.7. The lowest BCUT2D eigenvalue weighted by Gasteiger charge is -2.39. The number of carbonyl (C=O) groups excluding carboxylic acids is 5. The second-order valence-corrected chi connectivity index (χ2v) is 17.7. The summed E-state index contributed by atoms with van der Waals surface area (Å²) in [7, 11) is 1.92. The van der Waals surface area contributed by atoms with Crippen LogP contribution in [0.25, 0.3) is 0 Å². The SMILES string of the molecule is CCC(C)C(NC(=O)C1CCCCN1C)C(=O)N(COC(=O)CC(C)C)C(CC(OC(C)=O)c1nc(C(=O)NC(Cc2ccc(O)cc2)CC(C)C)cs1)C(C)C. The first-order valence-corrected chi connectivity index (χ1v) is 21.5. The second kappa shape index (κ2) is 22.8. The van der Waals surface area contributed by atoms with E-state index in [4.69, 9.17) is 9.47 Å². The Bertz CT molecular complexity index is 1610. The molecule has 14 heteroatoms. The van der Waals surface area contributed by atoms with Crippen LogP contribution in [0.4, 0.5) is 0 Å². The number of hydrogen-bond acceptors (Lipinski definition) is 11. The van der Waals surface area contributed by atoms with E-state index in [0.29, 0.717) is 30.2 Å². The topological polar surface area (TPSA) is 167 Å². The molecule has 1 aliphatic heterocycles. The maximum atomic E-state index is 14.8. The van der Waals surface area contributed by atoms with Crippen molar-refractivity contribution in [3.63, 3.8) is 0 Å². The highest BCUT2D eigenvalue weighted by Gasteiger charge is 2.39. The van der Waals surface area contributed by atoms with E-state index >= 15 is 0 Å². The van der Waals surface area contributed by atoms with Crippen molar-refractivity contribution in [2.75, 3.05) is 20.3 Å². The van der Waals surface area contributed by atoms with Crippen LogP contribution in [-0.4, -0.2) is 94.0 Å². The minimum absolute atomic E-state index is 0.0419. The molecule has 3 rings (SSSR count). The summed E-state index contributed by atoms with van der Waals surface area (Å²) in [5, 5.41) is 17.9. The fourth-order valence-electron chi connectivity index (χ4n) is 7.23. The van der Waals surface area contributed by atoms with Gasteiger partial charge in [-0.2, -0.15) is 0 Å². The van der Waals surface area contributed by atoms with Gasteiger partial charge in [-0.15, -0.1) is 11.3 Å². The van der Waals surface area contributed by atoms with E-state index in [-0.39, 0.29) is 72.7 Å². The van der Waals surface area contributed by atoms with Crippen molar-refractivity contribution >= 4 is 41.0 Å². The van der Waals surface area contributed by atoms with Crippen LogP contribution < -0.4 is 10.6 Å². The van der Waals surface area contributed by atoms with Crippen molar-refractivity contribution < 1.29 is 38.6 Å². The first-order valence-electron chi connectivity index (χ1n) is 20.6. The number of rotatable bonds is 21. The molecule has 0 spiro atoms. The normalized spacial score (nSPS) is 17.4. The van der Waals surface area contributed by atoms with Crippen molar-refractivity contribution in [1.82, 2.24) is 25.4 Å². The van der Waals surface area contributed by atoms with E-state index in [1.54, 1.807) is 17.5 Å². The predicted molar refractivity (Wildman–Crippen MR) is 221 cm³/mol. The first-order chi connectivity index (χ1) is 26.9. The molecule has 2 heterocycles. The average Bonchev–Trinajstić information content (AvgIpc) is 3.63. The molecule has 6 atom stereocenters. The van der Waals surface area contributed by atoms with Gasteiger partial charge in [-0.1, -0.05) is 80.4 Å². The lowest BCUT2D eigenvalue weighted by Crippen LogP contribution is -2.59. The quantitative estimate of drug-likeness (QED) is 0.0918. The molecule has 0 bridgehead atoms. The predicted octanol–water partition coefficient (Wildman–Crippen LogP) is 6.65. The highest BCUT2D eigenvalue weighted by atomic mass is 32.1. The number of likely N-dealkylation sites (tertiary alicyclic amines) is 1. The van der Waals surface area contributed by atoms with Crippen LogP contribution in [0.3, 0.4) is 0 Å². The van der Waals surface area contributed by atoms with Gasteiger partial charge in [0.2, 0.25) is 11.8 Å². The fourth-order valence-corrected chi connectivity index (χ4v) is 8.07. The third-order valence-corrected chi connectivity index (χ3v) is 11.5. The number of aromatic hydroxyl groups is 1. The number of likely N-dealkylation sites (N-methyl/N-ethyl adjacent to an activating group) is 1. The molecule has 1 fully saturated rings. The van der Waals surface area contributed by atoms with E-state index in [9.17, 15) is 29.1 Å². The van der Waals surface area contributed by atoms with Crippen molar-refractivity contribution in [2.45, 2.75) is 144 Å². The molecule has 3 amide bonds. The van der Waals surface area contributed by atoms with Crippen molar-refractivity contribution in [1.29, 1.82) is 0 Å². The maximum absolute atomic E-state index is 14.8. The number of nitrogens with zero attached hydrogens (tertiary/aromatic N) is 3. The van der Waals surface area contributed by atoms with Crippen molar-refractivity contribution in [2.24, 2.45) is 23.7 Å². The number of esters is 2. The molecule has 0 radical (unpaired) electrons. The number of carbonyl (C=O) groups is 5. The Morgan fingerprint density at radius 3 is 2.25 bits per heavy atom. The molecule has 1 aliphatic rings. The number of nitrogens with one attached hydrogen (secondary N) is 2. The standard InChI is InChI=1S/C43H67N5O8S/c1-11-29(8)39(46-41(53)35-14-12-13-19-47(35)10)43(54)48(25-55-38(51)21-27(4)5)36(28(6)7)23-37(56-30(9)49)42-45-34(24-57-42)40(52)44-32(20-26(2)3)22-31-15-17-33(50)18-16-31/h15-18,24,26-29,32,35-37,39,50H,11-14,19-23,25H2,1-10H3,(H,44,52)(H,46,53). The van der Waals surface area contributed by atoms with E-state index in [1.807, 2.05) is 65.6 Å². The van der Waals surface area contributed by atoms with Gasteiger partial charge in [0, 0.05) is 37.2 Å². The summed E-state index contributed by atoms with van der Waals surface area (Å²) in [6.07, 6.45) is 3.86. The zero-order valence-corrected chi connectivity index (χ0v) is 36.5. The van der Waals surface area contributed by atoms with E-state index < -0.39 is 36.0 Å². The molecule has 318 valence electrons. The fraction of sp³-hybridized carbons (Fsp3) is 0.674. The maximum Gasteiger partial charge on any atom is 0.307 e. The molecule has 1 aromatic heterocycles. The lowest BCUT2D eigenvalue weighted by molar-refractivity contribution is -0.160. The van der Waals surface area contributed by atoms with Crippen LogP contribution in [0, 0.1) is 23.7 Å². The van der Waals surface area contributed by atoms with Crippen molar-refractivity contribution in [3.8, 4) is 5.75 Å². The minimum atomic E-state index is -0.931. The van der Waals surface area contributed by atoms with Gasteiger partial charge in [0.1, 0.15) is 22.5 Å². The van der Waals surface area contributed by atoms with Gasteiger partial charge in [0.15, 0.2) is 12.8 Å². The Hall–Kier alpha value is -4.04. The summed E-state index contributed by atoms with van der Waals surface area (Å²) in [6, 6.07) is 4.83. The smallest absolute Gasteiger partial charge is 0.307 e. The summed E-state index contributed by atoms with van der Waals surface area (Å²) in [5.41, 5.74) is 1.15. The second-order valence-electron chi connectivity index (χ2n) is 16.8. The number of benzene rings is 1. The van der Waals surface area contributed by atoms with Gasteiger partial charge in [0.25, 0.3) is 5.91 Å². The third kappa shape index (κ3) is 15.0. The van der Waals surface area contributed by atoms with Crippen molar-refractivity contribution in [3.05, 3.63) is 45.9 Å². The Morgan fingerprint density at radius 2 is 1.67 bits per heavy atom. The molecule has 6 unspecified atom stereocenters. The molecule has 57 heavy (non-hydrogen) atoms. The lowest BCUT2D eigenvalue weighted by atomic mass is 9.92. The van der Waals surface area contributed by atoms with E-state index in [2.05, 4.69) is 29.5 Å². The van der Waals surface area contributed by atoms with Gasteiger partial charge in [0.05, 0.1) is 6.04 Å². The molecule has 13 nitrogen and oxygen atoms in total. The van der Waals surface area contributed by atoms with Gasteiger partial charge >= 0.3 is 11.9 Å². The zero-order chi connectivity index (χ0) is 42.4. The largest absolute Gasteiger partial charge is 0.508 e. The number of piperidine rings is 1. The van der Waals surface area contributed by atoms with E-state index in [0.717, 1.165) is 31.4 Å². The summed E-state index contributed by atoms with van der Waals surface area (Å²) in [5.74, 6) is -1.92. The average molecular weight is 814 g/mol. The molecular formula is C43H67N5O8S. The third-order valence-electron chi connectivity index (χ3n) is 10.5. The molecule has 3 N–H and O–H groups in total. The van der Waals surface area contributed by atoms with Crippen LogP contribution in [0.15, 0.2) is 29.6 Å². The highest BCUT2D eigenvalue weighted by Crippen LogP contribution is 2.32. The number of aromatic nitrogens is 1. The van der Waals surface area contributed by atoms with Gasteiger partial charge in [-0.25, -0.2) is 4.98 Å². The molecule has 2 aromatic rings. The molecule has 0 aliphatic carbocycles. The first kappa shape index (κ1) is 47.3.